The van der Waals surface area contributed by atoms with E-state index in [1.54, 1.807) is 6.07 Å². The van der Waals surface area contributed by atoms with E-state index in [1.165, 1.54) is 6.07 Å². The predicted octanol–water partition coefficient (Wildman–Crippen LogP) is 3.60. The van der Waals surface area contributed by atoms with Gasteiger partial charge in [0.25, 0.3) is 0 Å². The smallest absolute Gasteiger partial charge is 0.309 e. The average Bonchev–Trinajstić information content (AvgIpc) is 2.29. The summed E-state index contributed by atoms with van der Waals surface area (Å²) in [6.07, 6.45) is -3.09. The van der Waals surface area contributed by atoms with E-state index in [2.05, 4.69) is 10.3 Å². The number of aromatic nitrogens is 1. The van der Waals surface area contributed by atoms with Crippen molar-refractivity contribution in [3.8, 4) is 0 Å². The minimum atomic E-state index is -4.11. The van der Waals surface area contributed by atoms with Crippen molar-refractivity contribution in [1.82, 2.24) is 10.3 Å². The Morgan fingerprint density at radius 3 is 2.56 bits per heavy atom. The Morgan fingerprint density at radius 1 is 1.33 bits per heavy atom. The van der Waals surface area contributed by atoms with E-state index >= 15 is 0 Å². The number of pyridine rings is 1. The first-order valence-corrected chi connectivity index (χ1v) is 5.84. The molecule has 1 atom stereocenters. The van der Waals surface area contributed by atoms with Crippen LogP contribution in [0.15, 0.2) is 18.3 Å². The van der Waals surface area contributed by atoms with Crippen LogP contribution in [0.2, 0.25) is 0 Å². The van der Waals surface area contributed by atoms with Gasteiger partial charge in [0.1, 0.15) is 5.82 Å². The zero-order chi connectivity index (χ0) is 13.6. The summed E-state index contributed by atoms with van der Waals surface area (Å²) in [6.45, 7) is 2.16. The molecule has 1 aromatic heterocycles. The number of rotatable bonds is 6. The number of nitrogens with zero attached hydrogens (tertiary/aromatic N) is 1. The third-order valence-corrected chi connectivity index (χ3v) is 2.54. The molecular weight excluding hydrogens is 248 g/mol. The van der Waals surface area contributed by atoms with Crippen molar-refractivity contribution in [3.63, 3.8) is 0 Å². The monoisotopic (exact) mass is 264 g/mol. The van der Waals surface area contributed by atoms with Gasteiger partial charge in [0, 0.05) is 12.5 Å². The van der Waals surface area contributed by atoms with E-state index in [0.717, 1.165) is 6.20 Å². The molecule has 1 heterocycles. The summed E-state index contributed by atoms with van der Waals surface area (Å²) in [5.74, 6) is -0.425. The molecule has 0 saturated carbocycles. The normalized spacial score (nSPS) is 13.6. The van der Waals surface area contributed by atoms with Crippen molar-refractivity contribution < 1.29 is 17.6 Å². The van der Waals surface area contributed by atoms with Crippen LogP contribution < -0.4 is 5.32 Å². The van der Waals surface area contributed by atoms with E-state index in [-0.39, 0.29) is 19.0 Å². The first-order valence-electron chi connectivity index (χ1n) is 5.84. The molecule has 1 unspecified atom stereocenters. The number of hydrogen-bond acceptors (Lipinski definition) is 2. The summed E-state index contributed by atoms with van der Waals surface area (Å²) in [6, 6.07) is 2.70. The Labute approximate surface area is 103 Å². The van der Waals surface area contributed by atoms with Gasteiger partial charge < -0.3 is 5.32 Å². The Bertz CT molecular complexity index is 348. The second-order valence-corrected chi connectivity index (χ2v) is 4.03. The number of nitrogens with one attached hydrogen (secondary N) is 1. The highest BCUT2D eigenvalue weighted by Crippen LogP contribution is 2.21. The zero-order valence-corrected chi connectivity index (χ0v) is 10.1. The summed E-state index contributed by atoms with van der Waals surface area (Å²) < 4.78 is 48.5. The van der Waals surface area contributed by atoms with Crippen LogP contribution in [0, 0.1) is 5.82 Å². The lowest BCUT2D eigenvalue weighted by molar-refractivity contribution is -0.135. The predicted molar refractivity (Wildman–Crippen MR) is 60.5 cm³/mol. The van der Waals surface area contributed by atoms with Crippen molar-refractivity contribution in [1.29, 1.82) is 0 Å². The molecule has 0 aliphatic rings. The van der Waals surface area contributed by atoms with Gasteiger partial charge in [-0.05, 0) is 31.5 Å². The van der Waals surface area contributed by atoms with Crippen molar-refractivity contribution in [2.75, 3.05) is 6.54 Å². The summed E-state index contributed by atoms with van der Waals surface area (Å²) in [5.41, 5.74) is 0.644. The van der Waals surface area contributed by atoms with Gasteiger partial charge in [0.15, 0.2) is 0 Å². The summed E-state index contributed by atoms with van der Waals surface area (Å²) in [7, 11) is 0. The Hall–Kier alpha value is -1.17. The molecule has 0 spiro atoms. The molecular formula is C12H16F4N2. The van der Waals surface area contributed by atoms with E-state index < -0.39 is 18.4 Å². The molecule has 0 radical (unpaired) electrons. The van der Waals surface area contributed by atoms with Crippen LogP contribution in [0.25, 0.3) is 0 Å². The summed E-state index contributed by atoms with van der Waals surface area (Å²) in [4.78, 5) is 3.92. The lowest BCUT2D eigenvalue weighted by Crippen LogP contribution is -2.24. The van der Waals surface area contributed by atoms with Crippen LogP contribution in [0.5, 0.6) is 0 Å². The second kappa shape index (κ2) is 6.68. The van der Waals surface area contributed by atoms with Crippen LogP contribution in [0.4, 0.5) is 17.6 Å². The van der Waals surface area contributed by atoms with E-state index in [9.17, 15) is 17.6 Å². The molecule has 0 aromatic carbocycles. The highest BCUT2D eigenvalue weighted by atomic mass is 19.4. The minimum Gasteiger partial charge on any atom is -0.309 e. The molecule has 6 heteroatoms. The first kappa shape index (κ1) is 14.9. The van der Waals surface area contributed by atoms with Crippen molar-refractivity contribution in [2.24, 2.45) is 0 Å². The molecule has 0 bridgehead atoms. The quantitative estimate of drug-likeness (QED) is 0.627. The van der Waals surface area contributed by atoms with Crippen LogP contribution in [0.3, 0.4) is 0 Å². The lowest BCUT2D eigenvalue weighted by Gasteiger charge is -2.16. The first-order chi connectivity index (χ1) is 8.42. The standard InChI is InChI=1S/C12H16F4N2/c1-2-10(11-5-4-9(13)8-18-11)17-7-3-6-12(14,15)16/h4-5,8,10,17H,2-3,6-7H2,1H3. The fourth-order valence-electron chi connectivity index (χ4n) is 1.62. The van der Waals surface area contributed by atoms with Crippen LogP contribution in [-0.2, 0) is 0 Å². The summed E-state index contributed by atoms with van der Waals surface area (Å²) >= 11 is 0. The summed E-state index contributed by atoms with van der Waals surface area (Å²) in [5, 5.41) is 2.99. The molecule has 0 aliphatic heterocycles. The fourth-order valence-corrected chi connectivity index (χ4v) is 1.62. The molecule has 2 nitrogen and oxygen atoms in total. The van der Waals surface area contributed by atoms with Gasteiger partial charge in [0.05, 0.1) is 11.9 Å². The van der Waals surface area contributed by atoms with Gasteiger partial charge in [-0.2, -0.15) is 13.2 Å². The van der Waals surface area contributed by atoms with E-state index in [1.807, 2.05) is 6.92 Å². The van der Waals surface area contributed by atoms with Gasteiger partial charge in [-0.15, -0.1) is 0 Å². The van der Waals surface area contributed by atoms with Crippen LogP contribution in [-0.4, -0.2) is 17.7 Å². The van der Waals surface area contributed by atoms with Gasteiger partial charge >= 0.3 is 6.18 Å². The maximum atomic E-state index is 12.7. The highest BCUT2D eigenvalue weighted by molar-refractivity contribution is 5.09. The minimum absolute atomic E-state index is 0.0290. The largest absolute Gasteiger partial charge is 0.389 e. The molecule has 0 fully saturated rings. The zero-order valence-electron chi connectivity index (χ0n) is 10.1. The molecule has 0 amide bonds. The van der Waals surface area contributed by atoms with Crippen LogP contribution in [0.1, 0.15) is 37.9 Å². The molecule has 0 saturated heterocycles. The molecule has 18 heavy (non-hydrogen) atoms. The van der Waals surface area contributed by atoms with Gasteiger partial charge in [-0.3, -0.25) is 4.98 Å². The average molecular weight is 264 g/mol. The van der Waals surface area contributed by atoms with Crippen molar-refractivity contribution >= 4 is 0 Å². The Morgan fingerprint density at radius 2 is 2.06 bits per heavy atom. The van der Waals surface area contributed by atoms with E-state index in [4.69, 9.17) is 0 Å². The van der Waals surface area contributed by atoms with E-state index in [0.29, 0.717) is 12.1 Å². The third-order valence-electron chi connectivity index (χ3n) is 2.54. The van der Waals surface area contributed by atoms with Gasteiger partial charge in [-0.1, -0.05) is 6.92 Å². The van der Waals surface area contributed by atoms with Gasteiger partial charge in [0.2, 0.25) is 0 Å². The number of hydrogen-bond donors (Lipinski definition) is 1. The number of alkyl halides is 3. The topological polar surface area (TPSA) is 24.9 Å². The molecule has 1 rings (SSSR count). The molecule has 102 valence electrons. The maximum absolute atomic E-state index is 12.7. The number of halogens is 4. The Balaban J connectivity index is 2.40. The third kappa shape index (κ3) is 5.44. The van der Waals surface area contributed by atoms with Gasteiger partial charge in [-0.25, -0.2) is 4.39 Å². The van der Waals surface area contributed by atoms with Crippen molar-refractivity contribution in [3.05, 3.63) is 29.8 Å². The van der Waals surface area contributed by atoms with Crippen LogP contribution >= 0.6 is 0 Å². The molecule has 0 aliphatic carbocycles. The second-order valence-electron chi connectivity index (χ2n) is 4.03. The maximum Gasteiger partial charge on any atom is 0.389 e. The Kier molecular flexibility index (Phi) is 5.53. The molecule has 1 N–H and O–H groups in total. The lowest BCUT2D eigenvalue weighted by atomic mass is 10.1. The molecule has 1 aromatic rings. The fraction of sp³-hybridized carbons (Fsp3) is 0.583. The SMILES string of the molecule is CCC(NCCCC(F)(F)F)c1ccc(F)cn1. The van der Waals surface area contributed by atoms with Crippen molar-refractivity contribution in [2.45, 2.75) is 38.4 Å². The highest BCUT2D eigenvalue weighted by Gasteiger charge is 2.26.